The average molecular weight is 426 g/mol. The number of anilines is 2. The minimum Gasteiger partial charge on any atom is -0.326 e. The molecule has 0 spiro atoms. The lowest BCUT2D eigenvalue weighted by Crippen LogP contribution is -2.37. The van der Waals surface area contributed by atoms with Crippen LogP contribution in [0.3, 0.4) is 0 Å². The van der Waals surface area contributed by atoms with Crippen molar-refractivity contribution in [1.29, 1.82) is 0 Å². The molecule has 3 aromatic rings. The molecule has 0 atom stereocenters. The number of benzene rings is 1. The molecule has 0 radical (unpaired) electrons. The molecule has 2 amide bonds. The number of nitrogens with one attached hydrogen (secondary N) is 2. The van der Waals surface area contributed by atoms with Crippen LogP contribution < -0.4 is 21.9 Å². The third kappa shape index (κ3) is 4.73. The number of fused-ring (bicyclic) bond motifs is 1. The van der Waals surface area contributed by atoms with E-state index in [0.717, 1.165) is 4.57 Å². The fraction of sp³-hybridized carbons (Fsp3) is 0.381. The molecule has 31 heavy (non-hydrogen) atoms. The summed E-state index contributed by atoms with van der Waals surface area (Å²) >= 11 is 0. The standard InChI is InChI=1S/C21H26N6O4/c1-13(2)19(29)24-15-8-5-7-14(11-15)23-16(28)9-6-10-27-12-22-18-17(27)20(30)26(4)21(31)25(18)3/h5,7-8,11-13H,6,9-10H2,1-4H3,(H,23,28)(H,24,29). The lowest BCUT2D eigenvalue weighted by Gasteiger charge is -2.10. The highest BCUT2D eigenvalue weighted by Gasteiger charge is 2.14. The van der Waals surface area contributed by atoms with Crippen molar-refractivity contribution < 1.29 is 9.59 Å². The second kappa shape index (κ2) is 8.99. The van der Waals surface area contributed by atoms with Crippen LogP contribution in [-0.4, -0.2) is 30.5 Å². The van der Waals surface area contributed by atoms with Gasteiger partial charge in [-0.1, -0.05) is 19.9 Å². The second-order valence-electron chi connectivity index (χ2n) is 7.69. The summed E-state index contributed by atoms with van der Waals surface area (Å²) in [5.41, 5.74) is 0.997. The monoisotopic (exact) mass is 426 g/mol. The van der Waals surface area contributed by atoms with Crippen LogP contribution in [0.15, 0.2) is 40.2 Å². The SMILES string of the molecule is CC(C)C(=O)Nc1cccc(NC(=O)CCCn2cnc3c2c(=O)n(C)c(=O)n3C)c1. The normalized spacial score (nSPS) is 11.1. The molecule has 0 aliphatic carbocycles. The van der Waals surface area contributed by atoms with Crippen LogP contribution >= 0.6 is 0 Å². The first-order chi connectivity index (χ1) is 14.7. The molecule has 1 aromatic carbocycles. The molecule has 0 unspecified atom stereocenters. The Labute approximate surface area is 178 Å². The molecule has 2 heterocycles. The molecule has 0 saturated carbocycles. The predicted molar refractivity (Wildman–Crippen MR) is 118 cm³/mol. The largest absolute Gasteiger partial charge is 0.332 e. The van der Waals surface area contributed by atoms with Crippen molar-refractivity contribution in [3.8, 4) is 0 Å². The number of amides is 2. The van der Waals surface area contributed by atoms with Gasteiger partial charge in [-0.05, 0) is 24.6 Å². The summed E-state index contributed by atoms with van der Waals surface area (Å²) in [5, 5.41) is 5.61. The van der Waals surface area contributed by atoms with Crippen molar-refractivity contribution in [3.63, 3.8) is 0 Å². The first-order valence-corrected chi connectivity index (χ1v) is 10.0. The fourth-order valence-corrected chi connectivity index (χ4v) is 3.16. The summed E-state index contributed by atoms with van der Waals surface area (Å²) in [7, 11) is 2.99. The molecule has 2 aromatic heterocycles. The minimum absolute atomic E-state index is 0.0975. The molecule has 3 rings (SSSR count). The number of aryl methyl sites for hydroxylation is 2. The van der Waals surface area contributed by atoms with E-state index in [2.05, 4.69) is 15.6 Å². The van der Waals surface area contributed by atoms with Crippen LogP contribution in [0.5, 0.6) is 0 Å². The Morgan fingerprint density at radius 3 is 2.42 bits per heavy atom. The van der Waals surface area contributed by atoms with E-state index in [4.69, 9.17) is 0 Å². The Morgan fingerprint density at radius 2 is 1.74 bits per heavy atom. The molecule has 0 saturated heterocycles. The van der Waals surface area contributed by atoms with E-state index in [0.29, 0.717) is 35.5 Å². The highest BCUT2D eigenvalue weighted by molar-refractivity contribution is 5.94. The highest BCUT2D eigenvalue weighted by Crippen LogP contribution is 2.16. The molecule has 0 aliphatic rings. The van der Waals surface area contributed by atoms with Crippen molar-refractivity contribution in [2.24, 2.45) is 20.0 Å². The van der Waals surface area contributed by atoms with E-state index in [1.165, 1.54) is 17.9 Å². The number of imidazole rings is 1. The van der Waals surface area contributed by atoms with Gasteiger partial charge in [0.2, 0.25) is 11.8 Å². The van der Waals surface area contributed by atoms with Gasteiger partial charge in [0.25, 0.3) is 5.56 Å². The summed E-state index contributed by atoms with van der Waals surface area (Å²) in [4.78, 5) is 52.8. The van der Waals surface area contributed by atoms with Gasteiger partial charge in [-0.2, -0.15) is 0 Å². The van der Waals surface area contributed by atoms with Gasteiger partial charge in [0.05, 0.1) is 6.33 Å². The molecular formula is C21H26N6O4. The van der Waals surface area contributed by atoms with E-state index >= 15 is 0 Å². The number of aromatic nitrogens is 4. The molecule has 10 nitrogen and oxygen atoms in total. The van der Waals surface area contributed by atoms with Gasteiger partial charge in [0.15, 0.2) is 11.2 Å². The Balaban J connectivity index is 1.62. The molecule has 0 bridgehead atoms. The van der Waals surface area contributed by atoms with E-state index in [-0.39, 0.29) is 24.2 Å². The fourth-order valence-electron chi connectivity index (χ4n) is 3.16. The summed E-state index contributed by atoms with van der Waals surface area (Å²) < 4.78 is 4.02. The molecule has 2 N–H and O–H groups in total. The smallest absolute Gasteiger partial charge is 0.326 e. The van der Waals surface area contributed by atoms with Gasteiger partial charge in [-0.3, -0.25) is 23.5 Å². The molecule has 0 aliphatic heterocycles. The Kier molecular flexibility index (Phi) is 6.38. The van der Waals surface area contributed by atoms with Crippen LogP contribution in [0.2, 0.25) is 0 Å². The predicted octanol–water partition coefficient (Wildman–Crippen LogP) is 1.45. The average Bonchev–Trinajstić information content (AvgIpc) is 3.15. The van der Waals surface area contributed by atoms with Crippen LogP contribution in [-0.2, 0) is 30.2 Å². The van der Waals surface area contributed by atoms with Gasteiger partial charge in [-0.15, -0.1) is 0 Å². The van der Waals surface area contributed by atoms with Gasteiger partial charge >= 0.3 is 5.69 Å². The van der Waals surface area contributed by atoms with Gasteiger partial charge in [-0.25, -0.2) is 9.78 Å². The van der Waals surface area contributed by atoms with E-state index < -0.39 is 11.2 Å². The number of rotatable bonds is 7. The van der Waals surface area contributed by atoms with Crippen LogP contribution in [0, 0.1) is 5.92 Å². The van der Waals surface area contributed by atoms with Gasteiger partial charge in [0, 0.05) is 44.4 Å². The summed E-state index contributed by atoms with van der Waals surface area (Å²) in [6, 6.07) is 6.96. The zero-order valence-corrected chi connectivity index (χ0v) is 18.0. The van der Waals surface area contributed by atoms with Crippen molar-refractivity contribution in [2.75, 3.05) is 10.6 Å². The second-order valence-corrected chi connectivity index (χ2v) is 7.69. The lowest BCUT2D eigenvalue weighted by molar-refractivity contribution is -0.119. The lowest BCUT2D eigenvalue weighted by atomic mass is 10.2. The maximum absolute atomic E-state index is 12.5. The number of nitrogens with zero attached hydrogens (tertiary/aromatic N) is 4. The Morgan fingerprint density at radius 1 is 1.06 bits per heavy atom. The zero-order valence-electron chi connectivity index (χ0n) is 18.0. The van der Waals surface area contributed by atoms with E-state index in [9.17, 15) is 19.2 Å². The number of hydrogen-bond acceptors (Lipinski definition) is 5. The number of carbonyl (C=O) groups excluding carboxylic acids is 2. The molecular weight excluding hydrogens is 400 g/mol. The van der Waals surface area contributed by atoms with Crippen LogP contribution in [0.1, 0.15) is 26.7 Å². The molecule has 10 heteroatoms. The number of carbonyl (C=O) groups is 2. The van der Waals surface area contributed by atoms with Crippen LogP contribution in [0.25, 0.3) is 11.2 Å². The number of hydrogen-bond donors (Lipinski definition) is 2. The highest BCUT2D eigenvalue weighted by atomic mass is 16.2. The zero-order chi connectivity index (χ0) is 22.7. The third-order valence-corrected chi connectivity index (χ3v) is 4.96. The van der Waals surface area contributed by atoms with Crippen molar-refractivity contribution >= 4 is 34.4 Å². The molecule has 164 valence electrons. The van der Waals surface area contributed by atoms with Crippen LogP contribution in [0.4, 0.5) is 11.4 Å². The molecule has 0 fully saturated rings. The topological polar surface area (TPSA) is 120 Å². The van der Waals surface area contributed by atoms with Gasteiger partial charge < -0.3 is 15.2 Å². The third-order valence-electron chi connectivity index (χ3n) is 4.96. The van der Waals surface area contributed by atoms with E-state index in [1.54, 1.807) is 49.7 Å². The van der Waals surface area contributed by atoms with E-state index in [1.807, 2.05) is 0 Å². The maximum Gasteiger partial charge on any atom is 0.332 e. The quantitative estimate of drug-likeness (QED) is 0.592. The minimum atomic E-state index is -0.436. The Bertz CT molecular complexity index is 1250. The first-order valence-electron chi connectivity index (χ1n) is 10.0. The Hall–Kier alpha value is -3.69. The first kappa shape index (κ1) is 22.0. The summed E-state index contributed by atoms with van der Waals surface area (Å²) in [6.45, 7) is 4.02. The van der Waals surface area contributed by atoms with Crippen molar-refractivity contribution in [1.82, 2.24) is 18.7 Å². The van der Waals surface area contributed by atoms with Crippen molar-refractivity contribution in [2.45, 2.75) is 33.2 Å². The maximum atomic E-state index is 12.5. The van der Waals surface area contributed by atoms with Crippen molar-refractivity contribution in [3.05, 3.63) is 51.4 Å². The summed E-state index contributed by atoms with van der Waals surface area (Å²) in [5.74, 6) is -0.423. The summed E-state index contributed by atoms with van der Waals surface area (Å²) in [6.07, 6.45) is 2.21. The van der Waals surface area contributed by atoms with Gasteiger partial charge in [0.1, 0.15) is 0 Å².